The van der Waals surface area contributed by atoms with E-state index in [9.17, 15) is 0 Å². The summed E-state index contributed by atoms with van der Waals surface area (Å²) in [4.78, 5) is 4.40. The Labute approximate surface area is 103 Å². The normalized spacial score (nSPS) is 27.0. The second-order valence-corrected chi connectivity index (χ2v) is 6.06. The van der Waals surface area contributed by atoms with Crippen molar-refractivity contribution in [1.82, 2.24) is 4.98 Å². The molecule has 1 saturated carbocycles. The van der Waals surface area contributed by atoms with Crippen LogP contribution in [0.15, 0.2) is 9.98 Å². The van der Waals surface area contributed by atoms with Gasteiger partial charge < -0.3 is 5.73 Å². The number of aromatic nitrogens is 1. The number of hydrogen-bond acceptors (Lipinski definition) is 3. The molecule has 0 amide bonds. The van der Waals surface area contributed by atoms with Gasteiger partial charge in [0.25, 0.3) is 0 Å². The molecule has 0 spiro atoms. The van der Waals surface area contributed by atoms with E-state index in [1.807, 2.05) is 6.20 Å². The Morgan fingerprint density at radius 1 is 1.36 bits per heavy atom. The van der Waals surface area contributed by atoms with Crippen LogP contribution < -0.4 is 5.73 Å². The Morgan fingerprint density at radius 2 is 2.00 bits per heavy atom. The highest BCUT2D eigenvalue weighted by Crippen LogP contribution is 2.35. The third-order valence-electron chi connectivity index (χ3n) is 2.62. The molecule has 0 saturated heterocycles. The van der Waals surface area contributed by atoms with Gasteiger partial charge >= 0.3 is 0 Å². The van der Waals surface area contributed by atoms with Crippen molar-refractivity contribution in [1.29, 1.82) is 0 Å². The second kappa shape index (κ2) is 5.45. The van der Waals surface area contributed by atoms with Crippen molar-refractivity contribution in [2.45, 2.75) is 37.6 Å². The van der Waals surface area contributed by atoms with Crippen LogP contribution >= 0.6 is 39.7 Å². The number of halogens is 2. The molecule has 1 aromatic heterocycles. The first kappa shape index (κ1) is 12.4. The fourth-order valence-electron chi connectivity index (χ4n) is 1.82. The zero-order valence-corrected chi connectivity index (χ0v) is 11.0. The molecule has 1 fully saturated rings. The number of thiazole rings is 1. The summed E-state index contributed by atoms with van der Waals surface area (Å²) in [5, 5.41) is 1.28. The molecule has 0 unspecified atom stereocenters. The van der Waals surface area contributed by atoms with Gasteiger partial charge in [-0.15, -0.1) is 23.7 Å². The van der Waals surface area contributed by atoms with Gasteiger partial charge in [0.05, 0.1) is 15.0 Å². The van der Waals surface area contributed by atoms with Crippen LogP contribution in [0, 0.1) is 0 Å². The smallest absolute Gasteiger partial charge is 0.0967 e. The highest BCUT2D eigenvalue weighted by atomic mass is 79.9. The fraction of sp³-hybridized carbons (Fsp3) is 0.667. The standard InChI is InChI=1S/C9H13BrN2S.ClH/c10-8-5-12-9(13-8)6-1-3-7(11)4-2-6;/h5-7H,1-4,11H2;1H. The summed E-state index contributed by atoms with van der Waals surface area (Å²) in [6.07, 6.45) is 6.63. The summed E-state index contributed by atoms with van der Waals surface area (Å²) < 4.78 is 1.14. The Kier molecular flexibility index (Phi) is 4.83. The van der Waals surface area contributed by atoms with Crippen molar-refractivity contribution in [2.75, 3.05) is 0 Å². The maximum Gasteiger partial charge on any atom is 0.0967 e. The van der Waals surface area contributed by atoms with Crippen molar-refractivity contribution in [3.8, 4) is 0 Å². The first-order valence-electron chi connectivity index (χ1n) is 4.62. The molecule has 0 aliphatic heterocycles. The van der Waals surface area contributed by atoms with Gasteiger partial charge in [-0.2, -0.15) is 0 Å². The zero-order valence-electron chi connectivity index (χ0n) is 7.78. The zero-order chi connectivity index (χ0) is 9.26. The Balaban J connectivity index is 0.000000980. The third kappa shape index (κ3) is 2.92. The number of hydrogen-bond donors (Lipinski definition) is 1. The first-order valence-corrected chi connectivity index (χ1v) is 6.23. The maximum absolute atomic E-state index is 5.85. The predicted molar refractivity (Wildman–Crippen MR) is 66.2 cm³/mol. The topological polar surface area (TPSA) is 38.9 Å². The van der Waals surface area contributed by atoms with E-state index in [2.05, 4.69) is 20.9 Å². The van der Waals surface area contributed by atoms with Gasteiger partial charge in [0.1, 0.15) is 0 Å². The van der Waals surface area contributed by atoms with Crippen LogP contribution in [-0.2, 0) is 0 Å². The average molecular weight is 298 g/mol. The highest BCUT2D eigenvalue weighted by Gasteiger charge is 2.21. The van der Waals surface area contributed by atoms with E-state index in [1.54, 1.807) is 11.3 Å². The first-order chi connectivity index (χ1) is 6.25. The largest absolute Gasteiger partial charge is 0.328 e. The van der Waals surface area contributed by atoms with Gasteiger partial charge in [-0.25, -0.2) is 4.98 Å². The molecule has 2 N–H and O–H groups in total. The minimum Gasteiger partial charge on any atom is -0.328 e. The van der Waals surface area contributed by atoms with Crippen molar-refractivity contribution in [3.63, 3.8) is 0 Å². The lowest BCUT2D eigenvalue weighted by Gasteiger charge is -2.24. The van der Waals surface area contributed by atoms with Crippen LogP contribution in [0.2, 0.25) is 0 Å². The summed E-state index contributed by atoms with van der Waals surface area (Å²) in [6.45, 7) is 0. The molecule has 14 heavy (non-hydrogen) atoms. The van der Waals surface area contributed by atoms with E-state index in [1.165, 1.54) is 17.8 Å². The SMILES string of the molecule is Cl.NC1CCC(c2ncc(Br)s2)CC1. The minimum atomic E-state index is 0. The fourth-order valence-corrected chi connectivity index (χ4v) is 3.23. The summed E-state index contributed by atoms with van der Waals surface area (Å²) in [5.74, 6) is 0.663. The molecule has 2 nitrogen and oxygen atoms in total. The number of nitrogens with zero attached hydrogens (tertiary/aromatic N) is 1. The molecule has 1 aliphatic carbocycles. The van der Waals surface area contributed by atoms with Gasteiger partial charge in [-0.1, -0.05) is 0 Å². The molecule has 2 rings (SSSR count). The molecule has 0 aromatic carbocycles. The monoisotopic (exact) mass is 296 g/mol. The van der Waals surface area contributed by atoms with Crippen LogP contribution in [0.3, 0.4) is 0 Å². The molecule has 5 heteroatoms. The van der Waals surface area contributed by atoms with Crippen LogP contribution in [0.4, 0.5) is 0 Å². The van der Waals surface area contributed by atoms with Crippen molar-refractivity contribution >= 4 is 39.7 Å². The lowest BCUT2D eigenvalue weighted by Crippen LogP contribution is -2.25. The van der Waals surface area contributed by atoms with Crippen molar-refractivity contribution in [2.24, 2.45) is 5.73 Å². The van der Waals surface area contributed by atoms with Crippen LogP contribution in [0.25, 0.3) is 0 Å². The average Bonchev–Trinajstić information content (AvgIpc) is 2.53. The molecule has 0 radical (unpaired) electrons. The van der Waals surface area contributed by atoms with Gasteiger partial charge in [-0.3, -0.25) is 0 Å². The molecule has 1 aliphatic rings. The Bertz CT molecular complexity index is 284. The lowest BCUT2D eigenvalue weighted by molar-refractivity contribution is 0.395. The molecule has 0 atom stereocenters. The third-order valence-corrected chi connectivity index (χ3v) is 4.26. The van der Waals surface area contributed by atoms with E-state index in [-0.39, 0.29) is 12.4 Å². The molecular weight excluding hydrogens is 284 g/mol. The van der Waals surface area contributed by atoms with Gasteiger partial charge in [0.15, 0.2) is 0 Å². The quantitative estimate of drug-likeness (QED) is 0.863. The van der Waals surface area contributed by atoms with Gasteiger partial charge in [0, 0.05) is 12.0 Å². The highest BCUT2D eigenvalue weighted by molar-refractivity contribution is 9.11. The van der Waals surface area contributed by atoms with E-state index in [4.69, 9.17) is 5.73 Å². The summed E-state index contributed by atoms with van der Waals surface area (Å²) in [6, 6.07) is 0.430. The Morgan fingerprint density at radius 3 is 2.50 bits per heavy atom. The lowest BCUT2D eigenvalue weighted by atomic mass is 9.87. The van der Waals surface area contributed by atoms with E-state index >= 15 is 0 Å². The van der Waals surface area contributed by atoms with Crippen LogP contribution in [0.5, 0.6) is 0 Å². The second-order valence-electron chi connectivity index (χ2n) is 3.61. The molecule has 80 valence electrons. The van der Waals surface area contributed by atoms with Crippen LogP contribution in [0.1, 0.15) is 36.6 Å². The molecule has 0 bridgehead atoms. The summed E-state index contributed by atoms with van der Waals surface area (Å²) in [5.41, 5.74) is 5.85. The van der Waals surface area contributed by atoms with E-state index < -0.39 is 0 Å². The van der Waals surface area contributed by atoms with Crippen LogP contribution in [-0.4, -0.2) is 11.0 Å². The summed E-state index contributed by atoms with van der Waals surface area (Å²) >= 11 is 5.20. The predicted octanol–water partition coefficient (Wildman–Crippen LogP) is 3.31. The van der Waals surface area contributed by atoms with Crippen molar-refractivity contribution < 1.29 is 0 Å². The van der Waals surface area contributed by atoms with Gasteiger partial charge in [-0.05, 0) is 41.6 Å². The molecule has 1 heterocycles. The Hall–Kier alpha value is 0.360. The van der Waals surface area contributed by atoms with Crippen molar-refractivity contribution in [3.05, 3.63) is 15.0 Å². The van der Waals surface area contributed by atoms with Gasteiger partial charge in [0.2, 0.25) is 0 Å². The molecular formula is C9H14BrClN2S. The maximum atomic E-state index is 5.85. The van der Waals surface area contributed by atoms with E-state index in [0.717, 1.165) is 16.6 Å². The molecule has 1 aromatic rings. The minimum absolute atomic E-state index is 0. The number of nitrogens with two attached hydrogens (primary N) is 1. The summed E-state index contributed by atoms with van der Waals surface area (Å²) in [7, 11) is 0. The van der Waals surface area contributed by atoms with E-state index in [0.29, 0.717) is 12.0 Å². The number of rotatable bonds is 1.